The largest absolute Gasteiger partial charge is 0.496 e. The number of methoxy groups -OCH3 is 1. The summed E-state index contributed by atoms with van der Waals surface area (Å²) in [6.45, 7) is 0.400. The van der Waals surface area contributed by atoms with Gasteiger partial charge in [-0.1, -0.05) is 24.4 Å². The first kappa shape index (κ1) is 15.7. The van der Waals surface area contributed by atoms with Crippen LogP contribution in [0, 0.1) is 0 Å². The zero-order valence-electron chi connectivity index (χ0n) is 12.0. The van der Waals surface area contributed by atoms with Crippen molar-refractivity contribution in [3.8, 4) is 11.5 Å². The average molecular weight is 319 g/mol. The molecule has 110 valence electrons. The fourth-order valence-electron chi connectivity index (χ4n) is 1.94. The van der Waals surface area contributed by atoms with Crippen LogP contribution < -0.4 is 15.2 Å². The number of rotatable bonds is 6. The van der Waals surface area contributed by atoms with Gasteiger partial charge in [0, 0.05) is 16.0 Å². The van der Waals surface area contributed by atoms with Gasteiger partial charge in [0.25, 0.3) is 0 Å². The van der Waals surface area contributed by atoms with Crippen LogP contribution in [0.1, 0.15) is 11.1 Å². The molecule has 0 spiro atoms. The van der Waals surface area contributed by atoms with Crippen LogP contribution in [-0.2, 0) is 6.61 Å². The topological polar surface area (TPSA) is 44.5 Å². The number of ether oxygens (including phenoxy) is 2. The lowest BCUT2D eigenvalue weighted by Gasteiger charge is -2.13. The number of hydrogen-bond acceptors (Lipinski definition) is 4. The van der Waals surface area contributed by atoms with Gasteiger partial charge in [0.15, 0.2) is 0 Å². The molecule has 0 fully saturated rings. The summed E-state index contributed by atoms with van der Waals surface area (Å²) in [4.78, 5) is 1.46. The Morgan fingerprint density at radius 3 is 2.62 bits per heavy atom. The molecular weight excluding hydrogens is 302 g/mol. The maximum absolute atomic E-state index is 5.91. The molecule has 21 heavy (non-hydrogen) atoms. The molecule has 0 saturated heterocycles. The van der Waals surface area contributed by atoms with Gasteiger partial charge in [-0.25, -0.2) is 0 Å². The SMILES string of the molecule is COc1ccc(C(N)=S)cc1COc1ccccc1SC. The summed E-state index contributed by atoms with van der Waals surface area (Å²) in [5, 5.41) is 0. The highest BCUT2D eigenvalue weighted by molar-refractivity contribution is 7.98. The molecule has 0 aromatic heterocycles. The fraction of sp³-hybridized carbons (Fsp3) is 0.188. The Morgan fingerprint density at radius 1 is 1.19 bits per heavy atom. The van der Waals surface area contributed by atoms with Gasteiger partial charge in [-0.3, -0.25) is 0 Å². The molecule has 2 aromatic rings. The van der Waals surface area contributed by atoms with E-state index in [9.17, 15) is 0 Å². The van der Waals surface area contributed by atoms with Crippen molar-refractivity contribution in [2.75, 3.05) is 13.4 Å². The van der Waals surface area contributed by atoms with E-state index in [1.165, 1.54) is 0 Å². The normalized spacial score (nSPS) is 10.2. The van der Waals surface area contributed by atoms with Gasteiger partial charge in [-0.05, 0) is 36.6 Å². The Labute approximate surface area is 134 Å². The van der Waals surface area contributed by atoms with E-state index in [4.69, 9.17) is 27.4 Å². The van der Waals surface area contributed by atoms with E-state index in [2.05, 4.69) is 0 Å². The van der Waals surface area contributed by atoms with E-state index < -0.39 is 0 Å². The van der Waals surface area contributed by atoms with Crippen molar-refractivity contribution in [1.29, 1.82) is 0 Å². The lowest BCUT2D eigenvalue weighted by atomic mass is 10.1. The summed E-state index contributed by atoms with van der Waals surface area (Å²) in [7, 11) is 1.63. The number of thioether (sulfide) groups is 1. The Hall–Kier alpha value is -1.72. The predicted octanol–water partition coefficient (Wildman–Crippen LogP) is 3.63. The molecule has 2 rings (SSSR count). The Morgan fingerprint density at radius 2 is 1.95 bits per heavy atom. The molecule has 5 heteroatoms. The molecule has 0 bridgehead atoms. The first-order valence-electron chi connectivity index (χ1n) is 6.38. The summed E-state index contributed by atoms with van der Waals surface area (Å²) in [5.41, 5.74) is 7.40. The molecule has 0 atom stereocenters. The van der Waals surface area contributed by atoms with Crippen LogP contribution in [0.2, 0.25) is 0 Å². The molecule has 2 aromatic carbocycles. The third-order valence-electron chi connectivity index (χ3n) is 3.02. The first-order chi connectivity index (χ1) is 10.2. The molecule has 0 unspecified atom stereocenters. The highest BCUT2D eigenvalue weighted by Gasteiger charge is 2.08. The predicted molar refractivity (Wildman–Crippen MR) is 91.4 cm³/mol. The Bertz CT molecular complexity index is 644. The van der Waals surface area contributed by atoms with Crippen LogP contribution in [0.3, 0.4) is 0 Å². The van der Waals surface area contributed by atoms with Crippen LogP contribution >= 0.6 is 24.0 Å². The van der Waals surface area contributed by atoms with Crippen molar-refractivity contribution in [2.45, 2.75) is 11.5 Å². The number of para-hydroxylation sites is 1. The van der Waals surface area contributed by atoms with Crippen molar-refractivity contribution in [3.63, 3.8) is 0 Å². The molecule has 0 heterocycles. The van der Waals surface area contributed by atoms with Crippen molar-refractivity contribution >= 4 is 29.0 Å². The van der Waals surface area contributed by atoms with Crippen LogP contribution in [0.5, 0.6) is 11.5 Å². The minimum atomic E-state index is 0.364. The third-order valence-corrected chi connectivity index (χ3v) is 4.03. The van der Waals surface area contributed by atoms with E-state index in [0.29, 0.717) is 11.6 Å². The second kappa shape index (κ2) is 7.33. The quantitative estimate of drug-likeness (QED) is 0.650. The summed E-state index contributed by atoms with van der Waals surface area (Å²) < 4.78 is 11.3. The number of hydrogen-bond donors (Lipinski definition) is 1. The maximum atomic E-state index is 5.91. The Balaban J connectivity index is 2.22. The summed E-state index contributed by atoms with van der Waals surface area (Å²) in [6.07, 6.45) is 2.02. The standard InChI is InChI=1S/C16H17NO2S2/c1-18-13-8-7-11(16(17)20)9-12(13)10-19-14-5-3-4-6-15(14)21-2/h3-9H,10H2,1-2H3,(H2,17,20). The second-order valence-electron chi connectivity index (χ2n) is 4.33. The minimum Gasteiger partial charge on any atom is -0.496 e. The number of nitrogens with two attached hydrogens (primary N) is 1. The molecule has 2 N–H and O–H groups in total. The van der Waals surface area contributed by atoms with E-state index >= 15 is 0 Å². The van der Waals surface area contributed by atoms with Crippen LogP contribution in [-0.4, -0.2) is 18.4 Å². The molecule has 0 aliphatic carbocycles. The van der Waals surface area contributed by atoms with Gasteiger partial charge in [-0.15, -0.1) is 11.8 Å². The first-order valence-corrected chi connectivity index (χ1v) is 8.01. The van der Waals surface area contributed by atoms with E-state index in [1.807, 2.05) is 48.7 Å². The van der Waals surface area contributed by atoms with Crippen LogP contribution in [0.15, 0.2) is 47.4 Å². The highest BCUT2D eigenvalue weighted by atomic mass is 32.2. The molecular formula is C16H17NO2S2. The van der Waals surface area contributed by atoms with Crippen LogP contribution in [0.4, 0.5) is 0 Å². The van der Waals surface area contributed by atoms with Crippen molar-refractivity contribution in [3.05, 3.63) is 53.6 Å². The fourth-order valence-corrected chi connectivity index (χ4v) is 2.61. The second-order valence-corrected chi connectivity index (χ2v) is 5.62. The van der Waals surface area contributed by atoms with Gasteiger partial charge in [0.1, 0.15) is 23.1 Å². The summed E-state index contributed by atoms with van der Waals surface area (Å²) >= 11 is 6.66. The summed E-state index contributed by atoms with van der Waals surface area (Å²) in [5.74, 6) is 1.62. The van der Waals surface area contributed by atoms with E-state index in [0.717, 1.165) is 27.5 Å². The van der Waals surface area contributed by atoms with E-state index in [-0.39, 0.29) is 0 Å². The zero-order valence-corrected chi connectivity index (χ0v) is 13.6. The molecule has 0 aliphatic heterocycles. The van der Waals surface area contributed by atoms with Gasteiger partial charge in [-0.2, -0.15) is 0 Å². The van der Waals surface area contributed by atoms with Gasteiger partial charge in [0.05, 0.1) is 7.11 Å². The molecule has 0 radical (unpaired) electrons. The monoisotopic (exact) mass is 319 g/mol. The lowest BCUT2D eigenvalue weighted by molar-refractivity contribution is 0.290. The maximum Gasteiger partial charge on any atom is 0.133 e. The van der Waals surface area contributed by atoms with Crippen molar-refractivity contribution < 1.29 is 9.47 Å². The van der Waals surface area contributed by atoms with Gasteiger partial charge in [0.2, 0.25) is 0 Å². The van der Waals surface area contributed by atoms with E-state index in [1.54, 1.807) is 18.9 Å². The van der Waals surface area contributed by atoms with Crippen molar-refractivity contribution in [1.82, 2.24) is 0 Å². The third kappa shape index (κ3) is 3.89. The molecule has 0 aliphatic rings. The minimum absolute atomic E-state index is 0.364. The lowest BCUT2D eigenvalue weighted by Crippen LogP contribution is -2.10. The molecule has 0 saturated carbocycles. The van der Waals surface area contributed by atoms with Gasteiger partial charge >= 0.3 is 0 Å². The van der Waals surface area contributed by atoms with Crippen LogP contribution in [0.25, 0.3) is 0 Å². The van der Waals surface area contributed by atoms with Crippen molar-refractivity contribution in [2.24, 2.45) is 5.73 Å². The number of benzene rings is 2. The zero-order chi connectivity index (χ0) is 15.2. The highest BCUT2D eigenvalue weighted by Crippen LogP contribution is 2.29. The average Bonchev–Trinajstić information content (AvgIpc) is 2.52. The number of thiocarbonyl (C=S) groups is 1. The summed E-state index contributed by atoms with van der Waals surface area (Å²) in [6, 6.07) is 13.5. The smallest absolute Gasteiger partial charge is 0.133 e. The Kier molecular flexibility index (Phi) is 5.47. The van der Waals surface area contributed by atoms with Gasteiger partial charge < -0.3 is 15.2 Å². The molecule has 3 nitrogen and oxygen atoms in total. The molecule has 0 amide bonds.